The Hall–Kier alpha value is -2.02. The molecule has 1 atom stereocenters. The molecule has 2 aromatic carbocycles. The lowest BCUT2D eigenvalue weighted by atomic mass is 10.0. The van der Waals surface area contributed by atoms with Crippen LogP contribution in [-0.2, 0) is 16.1 Å². The lowest BCUT2D eigenvalue weighted by molar-refractivity contribution is -0.118. The maximum atomic E-state index is 14.4. The van der Waals surface area contributed by atoms with Gasteiger partial charge in [-0.3, -0.25) is 4.79 Å². The van der Waals surface area contributed by atoms with Gasteiger partial charge in [0, 0.05) is 12.8 Å². The van der Waals surface area contributed by atoms with Gasteiger partial charge in [-0.1, -0.05) is 50.0 Å². The van der Waals surface area contributed by atoms with Gasteiger partial charge in [0.15, 0.2) is 0 Å². The number of halogens is 1. The number of methoxy groups -OCH3 is 1. The van der Waals surface area contributed by atoms with Gasteiger partial charge in [0.05, 0.1) is 14.7 Å². The Morgan fingerprint density at radius 1 is 1.15 bits per heavy atom. The van der Waals surface area contributed by atoms with E-state index in [0.29, 0.717) is 12.3 Å². The number of likely N-dealkylation sites (N-methyl/N-ethyl adjacent to an activating group) is 1. The van der Waals surface area contributed by atoms with Gasteiger partial charge >= 0.3 is 0 Å². The number of rotatable bonds is 7. The molecule has 140 valence electrons. The monoisotopic (exact) mass is 374 g/mol. The molecule has 26 heavy (non-hydrogen) atoms. The second-order valence-corrected chi connectivity index (χ2v) is 12.4. The van der Waals surface area contributed by atoms with Crippen molar-refractivity contribution in [2.45, 2.75) is 32.3 Å². The molecule has 0 aromatic heterocycles. The largest absolute Gasteiger partial charge is 0.380 e. The first-order valence-corrected chi connectivity index (χ1v) is 12.1. The Morgan fingerprint density at radius 3 is 2.31 bits per heavy atom. The van der Waals surface area contributed by atoms with Crippen LogP contribution in [0.3, 0.4) is 0 Å². The summed E-state index contributed by atoms with van der Waals surface area (Å²) in [4.78, 5) is 12.6. The fourth-order valence-corrected chi connectivity index (χ4v) is 4.21. The van der Waals surface area contributed by atoms with Crippen LogP contribution < -0.4 is 15.8 Å². The smallest absolute Gasteiger partial charge is 0.246 e. The van der Waals surface area contributed by atoms with E-state index >= 15 is 0 Å². The second-order valence-electron chi connectivity index (χ2n) is 7.33. The summed E-state index contributed by atoms with van der Waals surface area (Å²) < 4.78 is 19.5. The van der Waals surface area contributed by atoms with Gasteiger partial charge in [-0.15, -0.1) is 0 Å². The molecule has 2 N–H and O–H groups in total. The highest BCUT2D eigenvalue weighted by molar-refractivity contribution is 6.88. The van der Waals surface area contributed by atoms with Gasteiger partial charge in [-0.2, -0.15) is 0 Å². The Bertz CT molecular complexity index is 757. The predicted molar refractivity (Wildman–Crippen MR) is 107 cm³/mol. The molecule has 0 aliphatic rings. The van der Waals surface area contributed by atoms with E-state index in [1.165, 1.54) is 6.07 Å². The van der Waals surface area contributed by atoms with Crippen molar-refractivity contribution >= 4 is 24.9 Å². The fourth-order valence-electron chi connectivity index (χ4n) is 2.84. The molecule has 0 spiro atoms. The molecule has 0 bridgehead atoms. The van der Waals surface area contributed by atoms with E-state index in [1.807, 2.05) is 24.3 Å². The van der Waals surface area contributed by atoms with Gasteiger partial charge in [0.25, 0.3) is 0 Å². The summed E-state index contributed by atoms with van der Waals surface area (Å²) in [7, 11) is 1.62. The summed E-state index contributed by atoms with van der Waals surface area (Å²) in [5.41, 5.74) is 2.34. The molecule has 2 rings (SSSR count). The number of anilines is 1. The van der Waals surface area contributed by atoms with Gasteiger partial charge in [0.1, 0.15) is 11.9 Å². The minimum atomic E-state index is -1.74. The molecule has 2 aromatic rings. The number of carbonyl (C=O) groups is 1. The number of carbonyl (C=O) groups excluding carboxylic acids is 1. The number of benzene rings is 2. The number of nitrogens with one attached hydrogen (secondary N) is 2. The third-order valence-corrected chi connectivity index (χ3v) is 6.24. The van der Waals surface area contributed by atoms with Crippen molar-refractivity contribution in [3.8, 4) is 0 Å². The number of amides is 1. The average Bonchev–Trinajstić information content (AvgIpc) is 2.56. The molecular formula is C20H27FN2O2Si. The normalized spacial score (nSPS) is 12.7. The zero-order valence-electron chi connectivity index (χ0n) is 16.0. The molecule has 0 fully saturated rings. The van der Waals surface area contributed by atoms with Crippen molar-refractivity contribution in [2.75, 3.05) is 19.5 Å². The van der Waals surface area contributed by atoms with Crippen molar-refractivity contribution in [3.05, 3.63) is 59.4 Å². The van der Waals surface area contributed by atoms with Crippen LogP contribution in [0.2, 0.25) is 19.6 Å². The maximum absolute atomic E-state index is 14.4. The first-order valence-electron chi connectivity index (χ1n) is 8.62. The molecule has 1 amide bonds. The third kappa shape index (κ3) is 5.00. The SMILES string of the molecule is CNC(C(=O)Nc1ccc([Si](C)(C)C)c(F)c1)c1ccc(COC)cc1. The van der Waals surface area contributed by atoms with Crippen molar-refractivity contribution in [1.82, 2.24) is 5.32 Å². The molecule has 4 nitrogen and oxygen atoms in total. The zero-order valence-corrected chi connectivity index (χ0v) is 17.0. The van der Waals surface area contributed by atoms with Crippen LogP contribution in [0.1, 0.15) is 17.2 Å². The number of hydrogen-bond acceptors (Lipinski definition) is 3. The Balaban J connectivity index is 2.15. The van der Waals surface area contributed by atoms with Crippen LogP contribution in [0.15, 0.2) is 42.5 Å². The van der Waals surface area contributed by atoms with Crippen molar-refractivity contribution in [1.29, 1.82) is 0 Å². The first-order chi connectivity index (χ1) is 12.3. The van der Waals surface area contributed by atoms with Crippen LogP contribution in [0.5, 0.6) is 0 Å². The topological polar surface area (TPSA) is 50.4 Å². The maximum Gasteiger partial charge on any atom is 0.246 e. The molecule has 0 aliphatic heterocycles. The van der Waals surface area contributed by atoms with E-state index in [0.717, 1.165) is 16.3 Å². The molecule has 0 aliphatic carbocycles. The van der Waals surface area contributed by atoms with E-state index in [-0.39, 0.29) is 11.7 Å². The van der Waals surface area contributed by atoms with Crippen molar-refractivity contribution < 1.29 is 13.9 Å². The van der Waals surface area contributed by atoms with Crippen molar-refractivity contribution in [2.24, 2.45) is 0 Å². The van der Waals surface area contributed by atoms with E-state index in [9.17, 15) is 9.18 Å². The summed E-state index contributed by atoms with van der Waals surface area (Å²) in [6.45, 7) is 6.80. The Kier molecular flexibility index (Phi) is 6.69. The molecule has 1 unspecified atom stereocenters. The minimum absolute atomic E-state index is 0.229. The van der Waals surface area contributed by atoms with Crippen LogP contribution in [0.4, 0.5) is 10.1 Å². The zero-order chi connectivity index (χ0) is 19.3. The predicted octanol–water partition coefficient (Wildman–Crippen LogP) is 3.42. The lowest BCUT2D eigenvalue weighted by Gasteiger charge is -2.20. The highest BCUT2D eigenvalue weighted by Gasteiger charge is 2.22. The minimum Gasteiger partial charge on any atom is -0.380 e. The lowest BCUT2D eigenvalue weighted by Crippen LogP contribution is -2.40. The molecule has 6 heteroatoms. The number of hydrogen-bond donors (Lipinski definition) is 2. The van der Waals surface area contributed by atoms with E-state index in [1.54, 1.807) is 26.3 Å². The van der Waals surface area contributed by atoms with Gasteiger partial charge < -0.3 is 15.4 Å². The summed E-state index contributed by atoms with van der Waals surface area (Å²) in [6.07, 6.45) is 0. The third-order valence-electron chi connectivity index (χ3n) is 4.22. The van der Waals surface area contributed by atoms with E-state index < -0.39 is 14.1 Å². The quantitative estimate of drug-likeness (QED) is 0.730. The molecule has 0 saturated carbocycles. The van der Waals surface area contributed by atoms with E-state index in [2.05, 4.69) is 30.3 Å². The van der Waals surface area contributed by atoms with Crippen LogP contribution in [0, 0.1) is 5.82 Å². The fraction of sp³-hybridized carbons (Fsp3) is 0.350. The highest BCUT2D eigenvalue weighted by Crippen LogP contribution is 2.18. The summed E-state index contributed by atoms with van der Waals surface area (Å²) in [5.74, 6) is -0.487. The van der Waals surface area contributed by atoms with Crippen LogP contribution >= 0.6 is 0 Å². The molecular weight excluding hydrogens is 347 g/mol. The highest BCUT2D eigenvalue weighted by atomic mass is 28.3. The summed E-state index contributed by atoms with van der Waals surface area (Å²) in [6, 6.07) is 12.1. The van der Waals surface area contributed by atoms with Gasteiger partial charge in [0.2, 0.25) is 5.91 Å². The molecule has 0 saturated heterocycles. The standard InChI is InChI=1S/C20H27FN2O2Si/c1-22-19(15-8-6-14(7-9-15)13-25-2)20(24)23-16-10-11-18(17(21)12-16)26(3,4)5/h6-12,19,22H,13H2,1-5H3,(H,23,24). The first kappa shape index (κ1) is 20.3. The van der Waals surface area contributed by atoms with Gasteiger partial charge in [-0.25, -0.2) is 4.39 Å². The van der Waals surface area contributed by atoms with Gasteiger partial charge in [-0.05, 0) is 35.5 Å². The Labute approximate surface area is 155 Å². The number of ether oxygens (including phenoxy) is 1. The average molecular weight is 375 g/mol. The molecule has 0 radical (unpaired) electrons. The van der Waals surface area contributed by atoms with Crippen LogP contribution in [0.25, 0.3) is 0 Å². The summed E-state index contributed by atoms with van der Waals surface area (Å²) >= 11 is 0. The summed E-state index contributed by atoms with van der Waals surface area (Å²) in [5, 5.41) is 6.57. The molecule has 0 heterocycles. The van der Waals surface area contributed by atoms with E-state index in [4.69, 9.17) is 4.74 Å². The second kappa shape index (κ2) is 8.57. The van der Waals surface area contributed by atoms with Crippen molar-refractivity contribution in [3.63, 3.8) is 0 Å². The Morgan fingerprint density at radius 2 is 1.81 bits per heavy atom. The van der Waals surface area contributed by atoms with Crippen LogP contribution in [-0.4, -0.2) is 28.1 Å².